The fourth-order valence-corrected chi connectivity index (χ4v) is 3.17. The van der Waals surface area contributed by atoms with Gasteiger partial charge in [-0.2, -0.15) is 0 Å². The van der Waals surface area contributed by atoms with E-state index < -0.39 is 0 Å². The molecule has 2 aromatic carbocycles. The van der Waals surface area contributed by atoms with E-state index in [0.29, 0.717) is 11.5 Å². The van der Waals surface area contributed by atoms with Gasteiger partial charge in [-0.3, -0.25) is 4.79 Å². The number of benzene rings is 2. The summed E-state index contributed by atoms with van der Waals surface area (Å²) in [5, 5.41) is 0. The topological polar surface area (TPSA) is 38.8 Å². The zero-order chi connectivity index (χ0) is 17.1. The lowest BCUT2D eigenvalue weighted by Gasteiger charge is -2.35. The Labute approximate surface area is 143 Å². The van der Waals surface area contributed by atoms with Crippen LogP contribution in [0.4, 0.5) is 5.69 Å². The molecule has 0 aliphatic carbocycles. The maximum Gasteiger partial charge on any atom is 0.265 e. The van der Waals surface area contributed by atoms with E-state index in [0.717, 1.165) is 24.1 Å². The Morgan fingerprint density at radius 3 is 2.79 bits per heavy atom. The molecule has 1 aliphatic heterocycles. The number of hydrogen-bond donors (Lipinski definition) is 0. The van der Waals surface area contributed by atoms with E-state index in [1.165, 1.54) is 5.56 Å². The van der Waals surface area contributed by atoms with Crippen LogP contribution in [-0.2, 0) is 11.2 Å². The first-order chi connectivity index (χ1) is 11.6. The van der Waals surface area contributed by atoms with Crippen molar-refractivity contribution in [3.05, 3.63) is 53.6 Å². The predicted molar refractivity (Wildman–Crippen MR) is 94.9 cm³/mol. The highest BCUT2D eigenvalue weighted by molar-refractivity contribution is 5.96. The molecule has 0 spiro atoms. The molecule has 0 N–H and O–H groups in total. The van der Waals surface area contributed by atoms with E-state index in [2.05, 4.69) is 13.0 Å². The van der Waals surface area contributed by atoms with Crippen molar-refractivity contribution in [2.24, 2.45) is 0 Å². The first-order valence-corrected chi connectivity index (χ1v) is 8.27. The predicted octanol–water partition coefficient (Wildman–Crippen LogP) is 3.75. The number of methoxy groups -OCH3 is 1. The van der Waals surface area contributed by atoms with Crippen molar-refractivity contribution in [3.8, 4) is 11.5 Å². The van der Waals surface area contributed by atoms with Gasteiger partial charge in [0, 0.05) is 11.7 Å². The summed E-state index contributed by atoms with van der Waals surface area (Å²) in [6.07, 6.45) is 1.98. The Bertz CT molecular complexity index is 741. The van der Waals surface area contributed by atoms with Gasteiger partial charge in [0.15, 0.2) is 18.1 Å². The average Bonchev–Trinajstić information content (AvgIpc) is 2.60. The molecule has 1 aliphatic rings. The van der Waals surface area contributed by atoms with Crippen LogP contribution < -0.4 is 14.4 Å². The van der Waals surface area contributed by atoms with E-state index in [1.807, 2.05) is 48.2 Å². The molecule has 3 rings (SSSR count). The van der Waals surface area contributed by atoms with Crippen LogP contribution in [0.1, 0.15) is 24.5 Å². The lowest BCUT2D eigenvalue weighted by molar-refractivity contribution is -0.121. The molecular formula is C20H23NO3. The number of amides is 1. The second kappa shape index (κ2) is 6.95. The van der Waals surface area contributed by atoms with Crippen molar-refractivity contribution in [2.45, 2.75) is 32.7 Å². The summed E-state index contributed by atoms with van der Waals surface area (Å²) in [6, 6.07) is 14.0. The molecule has 1 amide bonds. The van der Waals surface area contributed by atoms with Gasteiger partial charge in [0.1, 0.15) is 0 Å². The molecule has 0 radical (unpaired) electrons. The zero-order valence-corrected chi connectivity index (χ0v) is 14.4. The van der Waals surface area contributed by atoms with Crippen molar-refractivity contribution in [2.75, 3.05) is 18.6 Å². The number of nitrogens with zero attached hydrogens (tertiary/aromatic N) is 1. The highest BCUT2D eigenvalue weighted by atomic mass is 16.5. The minimum atomic E-state index is -0.0303. The number of aryl methyl sites for hydroxylation is 2. The van der Waals surface area contributed by atoms with Crippen LogP contribution in [0.3, 0.4) is 0 Å². The quantitative estimate of drug-likeness (QED) is 0.859. The Kier molecular flexibility index (Phi) is 4.74. The molecule has 24 heavy (non-hydrogen) atoms. The number of carbonyl (C=O) groups is 1. The van der Waals surface area contributed by atoms with Gasteiger partial charge in [-0.15, -0.1) is 0 Å². The lowest BCUT2D eigenvalue weighted by Crippen LogP contribution is -2.44. The number of para-hydroxylation sites is 1. The normalized spacial score (nSPS) is 16.5. The third-order valence-corrected chi connectivity index (χ3v) is 4.46. The van der Waals surface area contributed by atoms with Gasteiger partial charge in [0.05, 0.1) is 7.11 Å². The van der Waals surface area contributed by atoms with Gasteiger partial charge in [0.25, 0.3) is 5.91 Å². The smallest absolute Gasteiger partial charge is 0.265 e. The highest BCUT2D eigenvalue weighted by Crippen LogP contribution is 2.31. The molecule has 0 unspecified atom stereocenters. The summed E-state index contributed by atoms with van der Waals surface area (Å²) in [7, 11) is 1.60. The first-order valence-electron chi connectivity index (χ1n) is 8.27. The number of carbonyl (C=O) groups excluding carboxylic acids is 1. The number of ether oxygens (including phenoxy) is 2. The van der Waals surface area contributed by atoms with Crippen LogP contribution in [0.25, 0.3) is 0 Å². The summed E-state index contributed by atoms with van der Waals surface area (Å²) in [5.41, 5.74) is 3.31. The number of anilines is 1. The molecule has 2 aromatic rings. The number of hydrogen-bond acceptors (Lipinski definition) is 3. The van der Waals surface area contributed by atoms with Gasteiger partial charge in [0.2, 0.25) is 0 Å². The summed E-state index contributed by atoms with van der Waals surface area (Å²) >= 11 is 0. The van der Waals surface area contributed by atoms with Crippen molar-refractivity contribution >= 4 is 11.6 Å². The Balaban J connectivity index is 1.76. The standard InChI is InChI=1S/C20H23NO3/c1-14-8-11-18(19(12-14)23-3)24-13-20(22)21-15(2)9-10-16-6-4-5-7-17(16)21/h4-8,11-12,15H,9-10,13H2,1-3H3/t15-/m0/s1. The Hall–Kier alpha value is -2.49. The molecule has 126 valence electrons. The highest BCUT2D eigenvalue weighted by Gasteiger charge is 2.28. The van der Waals surface area contributed by atoms with Gasteiger partial charge >= 0.3 is 0 Å². The largest absolute Gasteiger partial charge is 0.493 e. The van der Waals surface area contributed by atoms with Crippen LogP contribution in [-0.4, -0.2) is 25.7 Å². The second-order valence-corrected chi connectivity index (χ2v) is 6.22. The summed E-state index contributed by atoms with van der Waals surface area (Å²) in [5.74, 6) is 1.21. The van der Waals surface area contributed by atoms with Crippen LogP contribution in [0.2, 0.25) is 0 Å². The van der Waals surface area contributed by atoms with E-state index in [-0.39, 0.29) is 18.6 Å². The summed E-state index contributed by atoms with van der Waals surface area (Å²) in [6.45, 7) is 4.07. The first kappa shape index (κ1) is 16.4. The van der Waals surface area contributed by atoms with Gasteiger partial charge in [-0.1, -0.05) is 24.3 Å². The second-order valence-electron chi connectivity index (χ2n) is 6.22. The van der Waals surface area contributed by atoms with E-state index in [9.17, 15) is 4.79 Å². The summed E-state index contributed by atoms with van der Waals surface area (Å²) in [4.78, 5) is 14.6. The SMILES string of the molecule is COc1cc(C)ccc1OCC(=O)N1c2ccccc2CC[C@@H]1C. The molecule has 0 aromatic heterocycles. The van der Waals surface area contributed by atoms with Gasteiger partial charge in [-0.05, 0) is 56.0 Å². The molecule has 0 bridgehead atoms. The fourth-order valence-electron chi connectivity index (χ4n) is 3.17. The molecule has 4 heteroatoms. The van der Waals surface area contributed by atoms with Crippen molar-refractivity contribution in [3.63, 3.8) is 0 Å². The molecule has 0 saturated carbocycles. The molecule has 4 nitrogen and oxygen atoms in total. The molecule has 0 fully saturated rings. The zero-order valence-electron chi connectivity index (χ0n) is 14.4. The average molecular weight is 325 g/mol. The Morgan fingerprint density at radius 1 is 1.21 bits per heavy atom. The minimum absolute atomic E-state index is 0.00189. The third kappa shape index (κ3) is 3.23. The van der Waals surface area contributed by atoms with Crippen molar-refractivity contribution in [1.82, 2.24) is 0 Å². The summed E-state index contributed by atoms with van der Waals surface area (Å²) < 4.78 is 11.1. The maximum atomic E-state index is 12.8. The molecule has 1 atom stereocenters. The number of rotatable bonds is 4. The lowest BCUT2D eigenvalue weighted by atomic mass is 9.96. The number of fused-ring (bicyclic) bond motifs is 1. The van der Waals surface area contributed by atoms with Crippen LogP contribution in [0, 0.1) is 6.92 Å². The molecule has 0 saturated heterocycles. The van der Waals surface area contributed by atoms with Gasteiger partial charge in [-0.25, -0.2) is 0 Å². The van der Waals surface area contributed by atoms with Crippen LogP contribution >= 0.6 is 0 Å². The van der Waals surface area contributed by atoms with E-state index in [4.69, 9.17) is 9.47 Å². The Morgan fingerprint density at radius 2 is 2.00 bits per heavy atom. The van der Waals surface area contributed by atoms with Crippen LogP contribution in [0.15, 0.2) is 42.5 Å². The maximum absolute atomic E-state index is 12.8. The fraction of sp³-hybridized carbons (Fsp3) is 0.350. The minimum Gasteiger partial charge on any atom is -0.493 e. The monoisotopic (exact) mass is 325 g/mol. The van der Waals surface area contributed by atoms with Gasteiger partial charge < -0.3 is 14.4 Å². The van der Waals surface area contributed by atoms with Crippen LogP contribution in [0.5, 0.6) is 11.5 Å². The van der Waals surface area contributed by atoms with Crippen molar-refractivity contribution < 1.29 is 14.3 Å². The van der Waals surface area contributed by atoms with E-state index in [1.54, 1.807) is 7.11 Å². The third-order valence-electron chi connectivity index (χ3n) is 4.46. The van der Waals surface area contributed by atoms with Crippen molar-refractivity contribution in [1.29, 1.82) is 0 Å². The molecular weight excluding hydrogens is 302 g/mol. The molecule has 1 heterocycles. The van der Waals surface area contributed by atoms with E-state index >= 15 is 0 Å².